The van der Waals surface area contributed by atoms with Crippen LogP contribution in [-0.2, 0) is 16.0 Å². The lowest BCUT2D eigenvalue weighted by Gasteiger charge is -2.23. The Morgan fingerprint density at radius 1 is 1.29 bits per heavy atom. The molecule has 6 nitrogen and oxygen atoms in total. The van der Waals surface area contributed by atoms with Gasteiger partial charge in [0.2, 0.25) is 5.91 Å². The smallest absolute Gasteiger partial charge is 0.326 e. The predicted octanol–water partition coefficient (Wildman–Crippen LogP) is 1.26. The fraction of sp³-hybridized carbons (Fsp3) is 0.400. The number of fused-ring (bicyclic) bond motifs is 1. The molecule has 2 amide bonds. The normalized spacial score (nSPS) is 20.9. The maximum Gasteiger partial charge on any atom is 0.326 e. The number of nitrogens with one attached hydrogen (secondary N) is 1. The summed E-state index contributed by atoms with van der Waals surface area (Å²) in [6, 6.07) is 4.39. The van der Waals surface area contributed by atoms with Gasteiger partial charge in [-0.25, -0.2) is 4.79 Å². The van der Waals surface area contributed by atoms with Crippen molar-refractivity contribution in [2.24, 2.45) is 0 Å². The van der Waals surface area contributed by atoms with E-state index in [1.54, 1.807) is 18.2 Å². The summed E-state index contributed by atoms with van der Waals surface area (Å²) < 4.78 is 0. The zero-order valence-corrected chi connectivity index (χ0v) is 11.5. The van der Waals surface area contributed by atoms with E-state index in [0.717, 1.165) is 11.3 Å². The molecule has 3 rings (SSSR count). The van der Waals surface area contributed by atoms with Crippen LogP contribution in [0.4, 0.5) is 5.69 Å². The molecule has 2 heterocycles. The van der Waals surface area contributed by atoms with Crippen molar-refractivity contribution in [1.82, 2.24) is 4.90 Å². The molecule has 2 N–H and O–H groups in total. The molecule has 0 unspecified atom stereocenters. The number of carboxylic acid groups (broad SMARTS) is 1. The molecule has 1 saturated heterocycles. The molecule has 0 spiro atoms. The zero-order valence-electron chi connectivity index (χ0n) is 11.5. The minimum absolute atomic E-state index is 0.0212. The lowest BCUT2D eigenvalue weighted by molar-refractivity contribution is -0.141. The summed E-state index contributed by atoms with van der Waals surface area (Å²) in [6.07, 6.45) is 2.22. The van der Waals surface area contributed by atoms with Gasteiger partial charge in [-0.1, -0.05) is 0 Å². The molecule has 0 bridgehead atoms. The minimum Gasteiger partial charge on any atom is -0.480 e. The summed E-state index contributed by atoms with van der Waals surface area (Å²) in [4.78, 5) is 36.4. The fourth-order valence-electron chi connectivity index (χ4n) is 2.95. The van der Waals surface area contributed by atoms with E-state index in [1.807, 2.05) is 0 Å². The number of rotatable bonds is 2. The third-order valence-corrected chi connectivity index (χ3v) is 4.05. The first-order chi connectivity index (χ1) is 10.1. The van der Waals surface area contributed by atoms with Gasteiger partial charge in [-0.2, -0.15) is 0 Å². The van der Waals surface area contributed by atoms with E-state index in [-0.39, 0.29) is 11.8 Å². The first-order valence-corrected chi connectivity index (χ1v) is 7.03. The first-order valence-electron chi connectivity index (χ1n) is 7.03. The van der Waals surface area contributed by atoms with E-state index in [9.17, 15) is 14.4 Å². The van der Waals surface area contributed by atoms with Gasteiger partial charge in [-0.3, -0.25) is 9.59 Å². The molecule has 21 heavy (non-hydrogen) atoms. The van der Waals surface area contributed by atoms with Gasteiger partial charge in [0.15, 0.2) is 0 Å². The Morgan fingerprint density at radius 3 is 2.86 bits per heavy atom. The van der Waals surface area contributed by atoms with Gasteiger partial charge in [-0.15, -0.1) is 0 Å². The molecular weight excluding hydrogens is 272 g/mol. The second-order valence-electron chi connectivity index (χ2n) is 5.41. The van der Waals surface area contributed by atoms with Crippen LogP contribution >= 0.6 is 0 Å². The maximum atomic E-state index is 12.5. The van der Waals surface area contributed by atoms with Crippen LogP contribution in [0.2, 0.25) is 0 Å². The highest BCUT2D eigenvalue weighted by molar-refractivity contribution is 5.99. The van der Waals surface area contributed by atoms with Crippen molar-refractivity contribution in [1.29, 1.82) is 0 Å². The van der Waals surface area contributed by atoms with E-state index >= 15 is 0 Å². The highest BCUT2D eigenvalue weighted by Gasteiger charge is 2.34. The molecule has 1 atom stereocenters. The Bertz CT molecular complexity index is 626. The largest absolute Gasteiger partial charge is 0.480 e. The lowest BCUT2D eigenvalue weighted by Crippen LogP contribution is -2.40. The Kier molecular flexibility index (Phi) is 3.37. The number of hydrogen-bond donors (Lipinski definition) is 2. The maximum absolute atomic E-state index is 12.5. The summed E-state index contributed by atoms with van der Waals surface area (Å²) >= 11 is 0. The van der Waals surface area contributed by atoms with Gasteiger partial charge >= 0.3 is 5.97 Å². The number of nitrogens with zero attached hydrogens (tertiary/aromatic N) is 1. The molecule has 1 aromatic rings. The van der Waals surface area contributed by atoms with Gasteiger partial charge in [-0.05, 0) is 43.0 Å². The molecule has 0 saturated carbocycles. The van der Waals surface area contributed by atoms with Crippen LogP contribution in [0.5, 0.6) is 0 Å². The molecular formula is C15H16N2O4. The van der Waals surface area contributed by atoms with Gasteiger partial charge in [0.05, 0.1) is 0 Å². The van der Waals surface area contributed by atoms with E-state index in [2.05, 4.69) is 5.32 Å². The molecule has 1 aromatic carbocycles. The van der Waals surface area contributed by atoms with Gasteiger partial charge in [0.25, 0.3) is 5.91 Å². The third-order valence-electron chi connectivity index (χ3n) is 4.05. The summed E-state index contributed by atoms with van der Waals surface area (Å²) in [6.45, 7) is 0.476. The number of aliphatic carboxylic acids is 1. The Labute approximate surface area is 121 Å². The number of amides is 2. The number of carboxylic acids is 1. The summed E-state index contributed by atoms with van der Waals surface area (Å²) in [5, 5.41) is 11.9. The molecule has 6 heteroatoms. The van der Waals surface area contributed by atoms with Crippen molar-refractivity contribution >= 4 is 23.5 Å². The van der Waals surface area contributed by atoms with Crippen molar-refractivity contribution in [3.8, 4) is 0 Å². The number of likely N-dealkylation sites (tertiary alicyclic amines) is 1. The second-order valence-corrected chi connectivity index (χ2v) is 5.41. The average molecular weight is 288 g/mol. The van der Waals surface area contributed by atoms with Crippen molar-refractivity contribution in [3.05, 3.63) is 29.3 Å². The van der Waals surface area contributed by atoms with E-state index in [1.165, 1.54) is 4.90 Å². The van der Waals surface area contributed by atoms with Crippen molar-refractivity contribution in [2.75, 3.05) is 11.9 Å². The Hall–Kier alpha value is -2.37. The van der Waals surface area contributed by atoms with Crippen molar-refractivity contribution in [3.63, 3.8) is 0 Å². The number of hydrogen-bond acceptors (Lipinski definition) is 3. The quantitative estimate of drug-likeness (QED) is 0.857. The summed E-state index contributed by atoms with van der Waals surface area (Å²) in [5.74, 6) is -1.22. The Morgan fingerprint density at radius 2 is 2.10 bits per heavy atom. The van der Waals surface area contributed by atoms with Gasteiger partial charge < -0.3 is 15.3 Å². The van der Waals surface area contributed by atoms with Crippen LogP contribution in [0.15, 0.2) is 18.2 Å². The molecule has 110 valence electrons. The second kappa shape index (κ2) is 5.20. The van der Waals surface area contributed by atoms with Crippen LogP contribution < -0.4 is 5.32 Å². The third kappa shape index (κ3) is 2.49. The molecule has 0 radical (unpaired) electrons. The number of carbonyl (C=O) groups excluding carboxylic acids is 2. The number of carbonyl (C=O) groups is 3. The fourth-order valence-corrected chi connectivity index (χ4v) is 2.95. The molecule has 1 fully saturated rings. The SMILES string of the molecule is O=C1CCc2cc(C(=O)N3CCC[C@H]3C(=O)O)ccc2N1. The van der Waals surface area contributed by atoms with E-state index in [0.29, 0.717) is 37.8 Å². The predicted molar refractivity (Wildman–Crippen MR) is 75.1 cm³/mol. The van der Waals surface area contributed by atoms with Crippen LogP contribution in [0, 0.1) is 0 Å². The minimum atomic E-state index is -0.953. The first kappa shape index (κ1) is 13.6. The molecule has 2 aliphatic heterocycles. The topological polar surface area (TPSA) is 86.7 Å². The Balaban J connectivity index is 1.85. The van der Waals surface area contributed by atoms with Crippen molar-refractivity contribution < 1.29 is 19.5 Å². The number of benzene rings is 1. The van der Waals surface area contributed by atoms with Gasteiger partial charge in [0.1, 0.15) is 6.04 Å². The zero-order chi connectivity index (χ0) is 15.0. The highest BCUT2D eigenvalue weighted by Crippen LogP contribution is 2.26. The highest BCUT2D eigenvalue weighted by atomic mass is 16.4. The van der Waals surface area contributed by atoms with Crippen LogP contribution in [0.3, 0.4) is 0 Å². The average Bonchev–Trinajstić information content (AvgIpc) is 2.95. The van der Waals surface area contributed by atoms with E-state index < -0.39 is 12.0 Å². The molecule has 0 aliphatic carbocycles. The molecule has 0 aromatic heterocycles. The monoisotopic (exact) mass is 288 g/mol. The van der Waals surface area contributed by atoms with Crippen LogP contribution in [-0.4, -0.2) is 40.4 Å². The lowest BCUT2D eigenvalue weighted by atomic mass is 10.00. The van der Waals surface area contributed by atoms with Crippen molar-refractivity contribution in [2.45, 2.75) is 31.7 Å². The number of aryl methyl sites for hydroxylation is 1. The van der Waals surface area contributed by atoms with Crippen LogP contribution in [0.1, 0.15) is 35.2 Å². The number of anilines is 1. The summed E-state index contributed by atoms with van der Waals surface area (Å²) in [7, 11) is 0. The molecule has 2 aliphatic rings. The van der Waals surface area contributed by atoms with E-state index in [4.69, 9.17) is 5.11 Å². The van der Waals surface area contributed by atoms with Gasteiger partial charge in [0, 0.05) is 24.2 Å². The standard InChI is InChI=1S/C15H16N2O4/c18-13-6-4-9-8-10(3-5-11(9)16-13)14(19)17-7-1-2-12(17)15(20)21/h3,5,8,12H,1-2,4,6-7H2,(H,16,18)(H,20,21)/t12-/m0/s1. The summed E-state index contributed by atoms with van der Waals surface area (Å²) in [5.41, 5.74) is 2.14. The van der Waals surface area contributed by atoms with Crippen LogP contribution in [0.25, 0.3) is 0 Å².